The molecule has 0 aliphatic carbocycles. The molecule has 1 aromatic heterocycles. The molecule has 0 aromatic carbocycles. The lowest BCUT2D eigenvalue weighted by atomic mass is 9.91. The lowest BCUT2D eigenvalue weighted by Gasteiger charge is -2.21. The smallest absolute Gasteiger partial charge is 0.164 e. The van der Waals surface area contributed by atoms with Crippen LogP contribution in [-0.2, 0) is 0 Å². The quantitative estimate of drug-likeness (QED) is 0.789. The van der Waals surface area contributed by atoms with Gasteiger partial charge in [-0.15, -0.1) is 0 Å². The summed E-state index contributed by atoms with van der Waals surface area (Å²) in [5, 5.41) is 3.31. The molecule has 1 aliphatic rings. The van der Waals surface area contributed by atoms with Crippen molar-refractivity contribution < 1.29 is 4.79 Å². The van der Waals surface area contributed by atoms with Gasteiger partial charge in [0.25, 0.3) is 0 Å². The van der Waals surface area contributed by atoms with Crippen LogP contribution in [0.15, 0.2) is 18.3 Å². The van der Waals surface area contributed by atoms with E-state index >= 15 is 0 Å². The number of pyridine rings is 1. The van der Waals surface area contributed by atoms with Crippen LogP contribution in [0.25, 0.3) is 0 Å². The predicted octanol–water partition coefficient (Wildman–Crippen LogP) is 1.96. The number of aryl methyl sites for hydroxylation is 1. The van der Waals surface area contributed by atoms with Gasteiger partial charge in [-0.1, -0.05) is 0 Å². The summed E-state index contributed by atoms with van der Waals surface area (Å²) in [6.07, 6.45) is 4.60. The first-order valence-electron chi connectivity index (χ1n) is 5.92. The molecule has 1 N–H and O–H groups in total. The van der Waals surface area contributed by atoms with Crippen LogP contribution >= 0.6 is 0 Å². The van der Waals surface area contributed by atoms with Gasteiger partial charge in [0.2, 0.25) is 0 Å². The Morgan fingerprint density at radius 2 is 2.19 bits per heavy atom. The summed E-state index contributed by atoms with van der Waals surface area (Å²) in [5.74, 6) is 0.787. The van der Waals surface area contributed by atoms with Crippen LogP contribution in [0.2, 0.25) is 0 Å². The predicted molar refractivity (Wildman–Crippen MR) is 63.5 cm³/mol. The maximum atomic E-state index is 12.0. The minimum Gasteiger partial charge on any atom is -0.317 e. The Morgan fingerprint density at radius 3 is 2.81 bits per heavy atom. The van der Waals surface area contributed by atoms with Crippen molar-refractivity contribution in [1.82, 2.24) is 10.3 Å². The Hall–Kier alpha value is -1.22. The zero-order valence-electron chi connectivity index (χ0n) is 9.70. The second kappa shape index (κ2) is 5.21. The van der Waals surface area contributed by atoms with Gasteiger partial charge in [0.1, 0.15) is 0 Å². The minimum atomic E-state index is 0.236. The van der Waals surface area contributed by atoms with Gasteiger partial charge in [-0.05, 0) is 50.9 Å². The number of piperidine rings is 1. The van der Waals surface area contributed by atoms with Gasteiger partial charge < -0.3 is 5.32 Å². The molecule has 1 saturated heterocycles. The maximum Gasteiger partial charge on any atom is 0.164 e. The summed E-state index contributed by atoms with van der Waals surface area (Å²) < 4.78 is 0. The average molecular weight is 218 g/mol. The normalized spacial score (nSPS) is 17.3. The zero-order chi connectivity index (χ0) is 11.4. The Bertz CT molecular complexity index is 353. The highest BCUT2D eigenvalue weighted by Crippen LogP contribution is 2.18. The van der Waals surface area contributed by atoms with Gasteiger partial charge in [0, 0.05) is 23.9 Å². The Morgan fingerprint density at radius 1 is 1.44 bits per heavy atom. The number of carbonyl (C=O) groups is 1. The molecule has 0 unspecified atom stereocenters. The summed E-state index contributed by atoms with van der Waals surface area (Å²) >= 11 is 0. The number of nitrogens with zero attached hydrogens (tertiary/aromatic N) is 1. The van der Waals surface area contributed by atoms with Gasteiger partial charge in [-0.3, -0.25) is 9.78 Å². The SMILES string of the molecule is Cc1ccc(C(=O)CC2CCNCC2)cn1. The van der Waals surface area contributed by atoms with Crippen LogP contribution in [0, 0.1) is 12.8 Å². The Kier molecular flexibility index (Phi) is 3.67. The van der Waals surface area contributed by atoms with Crippen molar-refractivity contribution in [1.29, 1.82) is 0 Å². The number of aromatic nitrogens is 1. The Balaban J connectivity index is 1.94. The molecule has 1 aromatic rings. The highest BCUT2D eigenvalue weighted by molar-refractivity contribution is 5.95. The number of carbonyl (C=O) groups excluding carboxylic acids is 1. The van der Waals surface area contributed by atoms with Crippen LogP contribution in [0.3, 0.4) is 0 Å². The topological polar surface area (TPSA) is 42.0 Å². The largest absolute Gasteiger partial charge is 0.317 e. The molecule has 1 fully saturated rings. The van der Waals surface area contributed by atoms with Crippen molar-refractivity contribution in [2.24, 2.45) is 5.92 Å². The number of Topliss-reactive ketones (excluding diaryl/α,β-unsaturated/α-hetero) is 1. The summed E-state index contributed by atoms with van der Waals surface area (Å²) in [6, 6.07) is 3.78. The molecule has 0 bridgehead atoms. The van der Waals surface area contributed by atoms with Crippen molar-refractivity contribution >= 4 is 5.78 Å². The van der Waals surface area contributed by atoms with Crippen molar-refractivity contribution in [2.45, 2.75) is 26.2 Å². The van der Waals surface area contributed by atoms with Gasteiger partial charge >= 0.3 is 0 Å². The van der Waals surface area contributed by atoms with Crippen LogP contribution in [0.4, 0.5) is 0 Å². The van der Waals surface area contributed by atoms with Crippen molar-refractivity contribution in [2.75, 3.05) is 13.1 Å². The molecule has 0 atom stereocenters. The summed E-state index contributed by atoms with van der Waals surface area (Å²) in [6.45, 7) is 4.02. The highest BCUT2D eigenvalue weighted by Gasteiger charge is 2.17. The monoisotopic (exact) mass is 218 g/mol. The van der Waals surface area contributed by atoms with E-state index in [0.717, 1.165) is 37.2 Å². The van der Waals surface area contributed by atoms with E-state index in [2.05, 4.69) is 10.3 Å². The standard InChI is InChI=1S/C13H18N2O/c1-10-2-3-12(9-15-10)13(16)8-11-4-6-14-7-5-11/h2-3,9,11,14H,4-8H2,1H3. The van der Waals surface area contributed by atoms with E-state index < -0.39 is 0 Å². The third-order valence-corrected chi connectivity index (χ3v) is 3.17. The molecule has 0 radical (unpaired) electrons. The molecule has 86 valence electrons. The van der Waals surface area contributed by atoms with E-state index in [1.807, 2.05) is 19.1 Å². The third-order valence-electron chi connectivity index (χ3n) is 3.17. The molecule has 3 nitrogen and oxygen atoms in total. The van der Waals surface area contributed by atoms with E-state index in [0.29, 0.717) is 12.3 Å². The van der Waals surface area contributed by atoms with Crippen molar-refractivity contribution in [3.05, 3.63) is 29.6 Å². The Labute approximate surface area is 96.3 Å². The molecular formula is C13H18N2O. The second-order valence-corrected chi connectivity index (χ2v) is 4.51. The van der Waals surface area contributed by atoms with Crippen molar-refractivity contribution in [3.8, 4) is 0 Å². The van der Waals surface area contributed by atoms with Gasteiger partial charge in [-0.25, -0.2) is 0 Å². The van der Waals surface area contributed by atoms with Gasteiger partial charge in [0.05, 0.1) is 0 Å². The first kappa shape index (κ1) is 11.3. The minimum absolute atomic E-state index is 0.236. The van der Waals surface area contributed by atoms with E-state index in [4.69, 9.17) is 0 Å². The van der Waals surface area contributed by atoms with Crippen LogP contribution in [0.5, 0.6) is 0 Å². The highest BCUT2D eigenvalue weighted by atomic mass is 16.1. The fourth-order valence-electron chi connectivity index (χ4n) is 2.10. The van der Waals surface area contributed by atoms with E-state index in [9.17, 15) is 4.79 Å². The van der Waals surface area contributed by atoms with Gasteiger partial charge in [-0.2, -0.15) is 0 Å². The van der Waals surface area contributed by atoms with E-state index in [-0.39, 0.29) is 5.78 Å². The van der Waals surface area contributed by atoms with E-state index in [1.165, 1.54) is 0 Å². The average Bonchev–Trinajstić information content (AvgIpc) is 2.31. The van der Waals surface area contributed by atoms with E-state index in [1.54, 1.807) is 6.20 Å². The molecule has 3 heteroatoms. The van der Waals surface area contributed by atoms with Crippen LogP contribution < -0.4 is 5.32 Å². The van der Waals surface area contributed by atoms with Crippen molar-refractivity contribution in [3.63, 3.8) is 0 Å². The first-order chi connectivity index (χ1) is 7.75. The zero-order valence-corrected chi connectivity index (χ0v) is 9.70. The summed E-state index contributed by atoms with van der Waals surface area (Å²) in [4.78, 5) is 16.1. The lowest BCUT2D eigenvalue weighted by Crippen LogP contribution is -2.28. The number of ketones is 1. The lowest BCUT2D eigenvalue weighted by molar-refractivity contribution is 0.0952. The molecule has 1 aliphatic heterocycles. The fourth-order valence-corrected chi connectivity index (χ4v) is 2.10. The summed E-state index contributed by atoms with van der Waals surface area (Å²) in [5.41, 5.74) is 1.71. The van der Waals surface area contributed by atoms with Crippen LogP contribution in [0.1, 0.15) is 35.3 Å². The number of hydrogen-bond acceptors (Lipinski definition) is 3. The summed E-state index contributed by atoms with van der Waals surface area (Å²) in [7, 11) is 0. The number of hydrogen-bond donors (Lipinski definition) is 1. The van der Waals surface area contributed by atoms with Gasteiger partial charge in [0.15, 0.2) is 5.78 Å². The second-order valence-electron chi connectivity index (χ2n) is 4.51. The molecule has 0 saturated carbocycles. The molecule has 0 spiro atoms. The number of nitrogens with one attached hydrogen (secondary N) is 1. The maximum absolute atomic E-state index is 12.0. The third kappa shape index (κ3) is 2.89. The fraction of sp³-hybridized carbons (Fsp3) is 0.538. The molecule has 0 amide bonds. The molecule has 16 heavy (non-hydrogen) atoms. The molecule has 2 rings (SSSR count). The number of rotatable bonds is 3. The van der Waals surface area contributed by atoms with Crippen LogP contribution in [-0.4, -0.2) is 23.9 Å². The molecular weight excluding hydrogens is 200 g/mol. The molecule has 2 heterocycles. The first-order valence-corrected chi connectivity index (χ1v) is 5.92.